The summed E-state index contributed by atoms with van der Waals surface area (Å²) >= 11 is 0. The summed E-state index contributed by atoms with van der Waals surface area (Å²) in [7, 11) is -0.918. The molecule has 1 unspecified atom stereocenters. The number of benzene rings is 2. The van der Waals surface area contributed by atoms with Gasteiger partial charge in [0, 0.05) is 0 Å². The van der Waals surface area contributed by atoms with Gasteiger partial charge in [0.05, 0.1) is 0 Å². The molecule has 1 radical (unpaired) electrons. The lowest BCUT2D eigenvalue weighted by molar-refractivity contribution is 0.816. The minimum Gasteiger partial charge on any atom is -0.0663 e. The average molecular weight is 304 g/mol. The van der Waals surface area contributed by atoms with Crippen LogP contribution in [0.15, 0.2) is 82.6 Å². The first kappa shape index (κ1) is 15.0. The van der Waals surface area contributed by atoms with Crippen molar-refractivity contribution < 1.29 is 0 Å². The first-order valence-corrected chi connectivity index (χ1v) is 9.48. The van der Waals surface area contributed by atoms with Gasteiger partial charge in [-0.15, -0.1) is 0 Å². The summed E-state index contributed by atoms with van der Waals surface area (Å²) in [5.41, 5.74) is 4.63. The predicted octanol–water partition coefficient (Wildman–Crippen LogP) is 4.14. The van der Waals surface area contributed by atoms with E-state index in [4.69, 9.17) is 0 Å². The zero-order chi connectivity index (χ0) is 15.7. The van der Waals surface area contributed by atoms with Gasteiger partial charge in [-0.25, -0.2) is 0 Å². The van der Waals surface area contributed by atoms with Crippen molar-refractivity contribution in [3.8, 4) is 0 Å². The molecule has 0 spiro atoms. The Balaban J connectivity index is 2.20. The second-order valence-electron chi connectivity index (χ2n) is 6.19. The summed E-state index contributed by atoms with van der Waals surface area (Å²) < 4.78 is 0. The Bertz CT molecular complexity index is 684. The molecule has 0 saturated carbocycles. The molecule has 1 heteroatoms. The summed E-state index contributed by atoms with van der Waals surface area (Å²) in [4.78, 5) is 0. The third kappa shape index (κ3) is 2.50. The van der Waals surface area contributed by atoms with Crippen LogP contribution in [-0.2, 0) is 0 Å². The van der Waals surface area contributed by atoms with E-state index in [1.807, 2.05) is 0 Å². The maximum absolute atomic E-state index is 2.34. The standard InChI is InChI=1S/C21H23Si/c1-15-16(2)18(4)21(17(15)3)22(19-11-7-5-8-12-19)20-13-9-6-10-14-20/h5-15H,1-4H3. The molecule has 2 aromatic carbocycles. The van der Waals surface area contributed by atoms with Crippen LogP contribution in [0.25, 0.3) is 0 Å². The Labute approximate surface area is 135 Å². The summed E-state index contributed by atoms with van der Waals surface area (Å²) in [5.74, 6) is 0.586. The average Bonchev–Trinajstić information content (AvgIpc) is 2.75. The highest BCUT2D eigenvalue weighted by Gasteiger charge is 2.31. The van der Waals surface area contributed by atoms with Crippen molar-refractivity contribution in [2.75, 3.05) is 0 Å². The topological polar surface area (TPSA) is 0 Å². The second kappa shape index (κ2) is 6.10. The molecular weight excluding hydrogens is 280 g/mol. The monoisotopic (exact) mass is 303 g/mol. The van der Waals surface area contributed by atoms with E-state index < -0.39 is 8.80 Å². The Hall–Kier alpha value is -1.86. The Morgan fingerprint density at radius 1 is 0.682 bits per heavy atom. The third-order valence-electron chi connectivity index (χ3n) is 5.03. The summed E-state index contributed by atoms with van der Waals surface area (Å²) in [6.45, 7) is 9.29. The van der Waals surface area contributed by atoms with Crippen molar-refractivity contribution in [1.29, 1.82) is 0 Å². The van der Waals surface area contributed by atoms with E-state index in [1.165, 1.54) is 15.9 Å². The van der Waals surface area contributed by atoms with Gasteiger partial charge < -0.3 is 0 Å². The fraction of sp³-hybridized carbons (Fsp3) is 0.238. The molecule has 0 amide bonds. The molecule has 0 heterocycles. The lowest BCUT2D eigenvalue weighted by Crippen LogP contribution is -2.44. The van der Waals surface area contributed by atoms with E-state index in [0.717, 1.165) is 0 Å². The van der Waals surface area contributed by atoms with E-state index in [0.29, 0.717) is 5.92 Å². The molecule has 2 aromatic rings. The van der Waals surface area contributed by atoms with Crippen LogP contribution < -0.4 is 10.4 Å². The highest BCUT2D eigenvalue weighted by atomic mass is 28.3. The van der Waals surface area contributed by atoms with Crippen molar-refractivity contribution in [2.45, 2.75) is 27.7 Å². The first-order valence-electron chi connectivity index (χ1n) is 7.98. The van der Waals surface area contributed by atoms with E-state index >= 15 is 0 Å². The van der Waals surface area contributed by atoms with E-state index in [-0.39, 0.29) is 0 Å². The van der Waals surface area contributed by atoms with Gasteiger partial charge in [-0.2, -0.15) is 0 Å². The molecule has 0 aliphatic heterocycles. The molecule has 0 fully saturated rings. The molecule has 0 nitrogen and oxygen atoms in total. The Morgan fingerprint density at radius 2 is 1.14 bits per heavy atom. The molecule has 0 N–H and O–H groups in total. The van der Waals surface area contributed by atoms with E-state index in [9.17, 15) is 0 Å². The van der Waals surface area contributed by atoms with Crippen molar-refractivity contribution in [2.24, 2.45) is 5.92 Å². The smallest absolute Gasteiger partial charge is 0.0663 e. The Kier molecular flexibility index (Phi) is 4.17. The van der Waals surface area contributed by atoms with Crippen LogP contribution in [0.3, 0.4) is 0 Å². The van der Waals surface area contributed by atoms with Crippen LogP contribution in [0, 0.1) is 5.92 Å². The van der Waals surface area contributed by atoms with Crippen LogP contribution in [-0.4, -0.2) is 8.80 Å². The minimum atomic E-state index is -0.918. The van der Waals surface area contributed by atoms with Crippen LogP contribution >= 0.6 is 0 Å². The normalized spacial score (nSPS) is 18.5. The quantitative estimate of drug-likeness (QED) is 0.748. The molecule has 111 valence electrons. The highest BCUT2D eigenvalue weighted by Crippen LogP contribution is 2.37. The third-order valence-corrected chi connectivity index (χ3v) is 8.13. The van der Waals surface area contributed by atoms with Crippen LogP contribution in [0.1, 0.15) is 27.7 Å². The van der Waals surface area contributed by atoms with Gasteiger partial charge in [-0.05, 0) is 31.9 Å². The van der Waals surface area contributed by atoms with Crippen molar-refractivity contribution in [1.82, 2.24) is 0 Å². The number of rotatable bonds is 3. The minimum absolute atomic E-state index is 0.586. The molecule has 3 rings (SSSR count). The van der Waals surface area contributed by atoms with E-state index in [1.54, 1.807) is 16.3 Å². The maximum Gasteiger partial charge on any atom is 0.154 e. The SMILES string of the molecule is CC1=C(C)C(C)C(C)=C1[Si](c1ccccc1)c1ccccc1. The molecule has 0 aromatic heterocycles. The molecule has 0 saturated heterocycles. The molecule has 1 atom stereocenters. The van der Waals surface area contributed by atoms with Gasteiger partial charge >= 0.3 is 0 Å². The lowest BCUT2D eigenvalue weighted by atomic mass is 10.0. The molecule has 1 aliphatic carbocycles. The van der Waals surface area contributed by atoms with Gasteiger partial charge in [0.15, 0.2) is 8.80 Å². The van der Waals surface area contributed by atoms with Crippen molar-refractivity contribution in [3.63, 3.8) is 0 Å². The second-order valence-corrected chi connectivity index (χ2v) is 8.60. The summed E-state index contributed by atoms with van der Waals surface area (Å²) in [6, 6.07) is 22.1. The fourth-order valence-electron chi connectivity index (χ4n) is 3.41. The summed E-state index contributed by atoms with van der Waals surface area (Å²) in [6.07, 6.45) is 0. The highest BCUT2D eigenvalue weighted by molar-refractivity contribution is 6.91. The van der Waals surface area contributed by atoms with Gasteiger partial charge in [0.1, 0.15) is 0 Å². The fourth-order valence-corrected chi connectivity index (χ4v) is 6.55. The first-order chi connectivity index (χ1) is 10.6. The number of allylic oxidation sites excluding steroid dienone is 4. The van der Waals surface area contributed by atoms with E-state index in [2.05, 4.69) is 88.4 Å². The Morgan fingerprint density at radius 3 is 1.50 bits per heavy atom. The zero-order valence-corrected chi connectivity index (χ0v) is 14.9. The van der Waals surface area contributed by atoms with Crippen LogP contribution in [0.5, 0.6) is 0 Å². The van der Waals surface area contributed by atoms with Crippen LogP contribution in [0.2, 0.25) is 0 Å². The van der Waals surface area contributed by atoms with Crippen molar-refractivity contribution >= 4 is 19.2 Å². The van der Waals surface area contributed by atoms with Gasteiger partial charge in [0.2, 0.25) is 0 Å². The van der Waals surface area contributed by atoms with Gasteiger partial charge in [-0.1, -0.05) is 94.7 Å². The number of hydrogen-bond donors (Lipinski definition) is 0. The van der Waals surface area contributed by atoms with Crippen LogP contribution in [0.4, 0.5) is 0 Å². The molecule has 0 bridgehead atoms. The maximum atomic E-state index is 2.34. The van der Waals surface area contributed by atoms with Gasteiger partial charge in [0.25, 0.3) is 0 Å². The largest absolute Gasteiger partial charge is 0.154 e. The molecular formula is C21H23Si. The number of hydrogen-bond acceptors (Lipinski definition) is 0. The molecule has 22 heavy (non-hydrogen) atoms. The zero-order valence-electron chi connectivity index (χ0n) is 13.9. The molecule has 1 aliphatic rings. The predicted molar refractivity (Wildman–Crippen MR) is 98.1 cm³/mol. The van der Waals surface area contributed by atoms with Crippen molar-refractivity contribution in [3.05, 3.63) is 82.6 Å². The van der Waals surface area contributed by atoms with Gasteiger partial charge in [-0.3, -0.25) is 0 Å². The lowest BCUT2D eigenvalue weighted by Gasteiger charge is -2.20. The summed E-state index contributed by atoms with van der Waals surface area (Å²) in [5, 5.41) is 4.58.